The molecule has 0 N–H and O–H groups in total. The van der Waals surface area contributed by atoms with Crippen LogP contribution in [0, 0.1) is 11.8 Å². The average Bonchev–Trinajstić information content (AvgIpc) is 3.47. The Balaban J connectivity index is 1.51. The fourth-order valence-corrected chi connectivity index (χ4v) is 7.16. The number of benzene rings is 3. The summed E-state index contributed by atoms with van der Waals surface area (Å²) in [5.74, 6) is 5.59. The number of ether oxygens (including phenoxy) is 1. The SMILES string of the molecule is CC#CC(C)(OC(=O)c1ccc(-[s+]2c3ccccc3c3ccccc32)cc1)c1cccs1. The average molecular weight is 454 g/mol. The molecule has 2 nitrogen and oxygen atoms in total. The van der Waals surface area contributed by atoms with Crippen molar-refractivity contribution in [3.8, 4) is 16.7 Å². The van der Waals surface area contributed by atoms with Gasteiger partial charge in [0.05, 0.1) is 10.4 Å². The monoisotopic (exact) mass is 453 g/mol. The van der Waals surface area contributed by atoms with Crippen molar-refractivity contribution in [3.63, 3.8) is 0 Å². The minimum atomic E-state index is -0.955. The van der Waals surface area contributed by atoms with Gasteiger partial charge >= 0.3 is 5.97 Å². The van der Waals surface area contributed by atoms with Gasteiger partial charge in [-0.1, -0.05) is 36.3 Å². The van der Waals surface area contributed by atoms with Crippen molar-refractivity contribution < 1.29 is 9.53 Å². The normalized spacial score (nSPS) is 12.8. The van der Waals surface area contributed by atoms with Crippen LogP contribution in [0.1, 0.15) is 29.1 Å². The Morgan fingerprint density at radius 3 is 2.06 bits per heavy atom. The quantitative estimate of drug-likeness (QED) is 0.157. The zero-order valence-corrected chi connectivity index (χ0v) is 19.4. The van der Waals surface area contributed by atoms with Crippen LogP contribution in [0.2, 0.25) is 0 Å². The third-order valence-electron chi connectivity index (χ3n) is 5.48. The van der Waals surface area contributed by atoms with Gasteiger partial charge < -0.3 is 4.74 Å². The molecular formula is C28H21O2S2+. The molecule has 1 atom stereocenters. The first-order valence-electron chi connectivity index (χ1n) is 10.3. The maximum atomic E-state index is 13.0. The molecule has 0 aliphatic carbocycles. The van der Waals surface area contributed by atoms with Gasteiger partial charge in [0.25, 0.3) is 0 Å². The summed E-state index contributed by atoms with van der Waals surface area (Å²) >= 11 is 1.53. The maximum absolute atomic E-state index is 13.0. The van der Waals surface area contributed by atoms with Crippen LogP contribution in [0.3, 0.4) is 0 Å². The summed E-state index contributed by atoms with van der Waals surface area (Å²) in [7, 11) is -0.181. The molecule has 156 valence electrons. The second-order valence-electron chi connectivity index (χ2n) is 7.60. The lowest BCUT2D eigenvalue weighted by Crippen LogP contribution is -2.26. The molecule has 0 aliphatic heterocycles. The summed E-state index contributed by atoms with van der Waals surface area (Å²) in [6.45, 7) is 3.60. The number of carbonyl (C=O) groups is 1. The van der Waals surface area contributed by atoms with Crippen molar-refractivity contribution >= 4 is 47.9 Å². The second-order valence-corrected chi connectivity index (χ2v) is 10.5. The van der Waals surface area contributed by atoms with Crippen LogP contribution in [-0.4, -0.2) is 5.97 Å². The molecule has 3 aromatic carbocycles. The molecule has 0 aliphatic rings. The van der Waals surface area contributed by atoms with E-state index in [0.29, 0.717) is 5.56 Å². The largest absolute Gasteiger partial charge is 0.437 e. The minimum absolute atomic E-state index is 0.181. The molecule has 5 rings (SSSR count). The van der Waals surface area contributed by atoms with Crippen LogP contribution in [-0.2, 0) is 10.3 Å². The molecular weight excluding hydrogens is 432 g/mol. The number of hydrogen-bond acceptors (Lipinski definition) is 3. The highest BCUT2D eigenvalue weighted by Gasteiger charge is 2.31. The Hall–Kier alpha value is -3.39. The maximum Gasteiger partial charge on any atom is 0.339 e. The van der Waals surface area contributed by atoms with Gasteiger partial charge in [-0.15, -0.1) is 17.3 Å². The predicted octanol–water partition coefficient (Wildman–Crippen LogP) is 7.89. The predicted molar refractivity (Wildman–Crippen MR) is 136 cm³/mol. The van der Waals surface area contributed by atoms with Gasteiger partial charge in [-0.05, 0) is 73.8 Å². The molecule has 0 saturated heterocycles. The summed E-state index contributed by atoms with van der Waals surface area (Å²) in [6, 6.07) is 28.9. The van der Waals surface area contributed by atoms with Crippen LogP contribution >= 0.6 is 21.8 Å². The van der Waals surface area contributed by atoms with Crippen molar-refractivity contribution in [2.75, 3.05) is 0 Å². The molecule has 2 heterocycles. The van der Waals surface area contributed by atoms with Gasteiger partial charge in [0.15, 0.2) is 14.3 Å². The van der Waals surface area contributed by atoms with Crippen LogP contribution in [0.5, 0.6) is 0 Å². The standard InChI is InChI=1S/C28H21O2S2/c1-3-18-28(2,26-13-8-19-31-26)30-27(29)20-14-16-21(17-15-20)32-24-11-6-4-9-22(24)23-10-5-7-12-25(23)32/h4-17,19H,1-2H3/q+1. The van der Waals surface area contributed by atoms with Crippen LogP contribution in [0.15, 0.2) is 90.3 Å². The fraction of sp³-hybridized carbons (Fsp3) is 0.107. The number of esters is 1. The number of rotatable bonds is 4. The Bertz CT molecular complexity index is 1430. The smallest absolute Gasteiger partial charge is 0.339 e. The molecule has 2 aromatic heterocycles. The Morgan fingerprint density at radius 2 is 1.50 bits per heavy atom. The first-order chi connectivity index (χ1) is 15.6. The first kappa shape index (κ1) is 20.5. The zero-order chi connectivity index (χ0) is 22.1. The molecule has 32 heavy (non-hydrogen) atoms. The Morgan fingerprint density at radius 1 is 0.875 bits per heavy atom. The number of thiophene rings is 2. The summed E-state index contributed by atoms with van der Waals surface area (Å²) in [4.78, 5) is 15.1. The summed E-state index contributed by atoms with van der Waals surface area (Å²) in [5, 5.41) is 4.55. The topological polar surface area (TPSA) is 26.3 Å². The highest BCUT2D eigenvalue weighted by molar-refractivity contribution is 7.50. The lowest BCUT2D eigenvalue weighted by atomic mass is 10.1. The van der Waals surface area contributed by atoms with E-state index in [0.717, 1.165) is 4.88 Å². The van der Waals surface area contributed by atoms with Crippen molar-refractivity contribution in [2.24, 2.45) is 0 Å². The van der Waals surface area contributed by atoms with Crippen LogP contribution in [0.4, 0.5) is 0 Å². The highest BCUT2D eigenvalue weighted by atomic mass is 32.2. The minimum Gasteiger partial charge on any atom is -0.437 e. The van der Waals surface area contributed by atoms with Crippen molar-refractivity contribution in [1.29, 1.82) is 0 Å². The third kappa shape index (κ3) is 3.50. The van der Waals surface area contributed by atoms with Crippen molar-refractivity contribution in [1.82, 2.24) is 0 Å². The van der Waals surface area contributed by atoms with Gasteiger partial charge in [0, 0.05) is 21.2 Å². The number of fused-ring (bicyclic) bond motifs is 3. The molecule has 5 aromatic rings. The Kier molecular flexibility index (Phi) is 5.30. The van der Waals surface area contributed by atoms with E-state index < -0.39 is 5.60 Å². The van der Waals surface area contributed by atoms with Crippen LogP contribution < -0.4 is 0 Å². The van der Waals surface area contributed by atoms with E-state index in [1.807, 2.05) is 48.7 Å². The molecule has 0 bridgehead atoms. The molecule has 4 heteroatoms. The molecule has 0 fully saturated rings. The number of carbonyl (C=O) groups excluding carboxylic acids is 1. The fourth-order valence-electron chi connectivity index (χ4n) is 4.00. The van der Waals surface area contributed by atoms with Gasteiger partial charge in [0.2, 0.25) is 5.60 Å². The molecule has 1 unspecified atom stereocenters. The lowest BCUT2D eigenvalue weighted by molar-refractivity contribution is 0.0141. The first-order valence-corrected chi connectivity index (χ1v) is 12.5. The van der Waals surface area contributed by atoms with E-state index >= 15 is 0 Å². The van der Waals surface area contributed by atoms with Gasteiger partial charge in [-0.25, -0.2) is 4.79 Å². The van der Waals surface area contributed by atoms with Gasteiger partial charge in [-0.3, -0.25) is 0 Å². The van der Waals surface area contributed by atoms with E-state index in [9.17, 15) is 4.79 Å². The zero-order valence-electron chi connectivity index (χ0n) is 17.8. The van der Waals surface area contributed by atoms with Crippen molar-refractivity contribution in [2.45, 2.75) is 19.4 Å². The van der Waals surface area contributed by atoms with Crippen molar-refractivity contribution in [3.05, 3.63) is 101 Å². The van der Waals surface area contributed by atoms with E-state index in [1.165, 1.54) is 36.4 Å². The molecule has 0 amide bonds. The molecule has 0 radical (unpaired) electrons. The molecule has 0 spiro atoms. The van der Waals surface area contributed by atoms with Crippen LogP contribution in [0.25, 0.3) is 25.1 Å². The summed E-state index contributed by atoms with van der Waals surface area (Å²) < 4.78 is 8.54. The number of hydrogen-bond donors (Lipinski definition) is 0. The van der Waals surface area contributed by atoms with Gasteiger partial charge in [0.1, 0.15) is 0 Å². The summed E-state index contributed by atoms with van der Waals surface area (Å²) in [6.07, 6.45) is 0. The molecule has 0 saturated carbocycles. The lowest BCUT2D eigenvalue weighted by Gasteiger charge is -2.22. The van der Waals surface area contributed by atoms with E-state index in [4.69, 9.17) is 4.74 Å². The second kappa shape index (κ2) is 8.27. The van der Waals surface area contributed by atoms with E-state index in [-0.39, 0.29) is 16.4 Å². The third-order valence-corrected chi connectivity index (χ3v) is 8.89. The van der Waals surface area contributed by atoms with Gasteiger partial charge in [-0.2, -0.15) is 0 Å². The highest BCUT2D eigenvalue weighted by Crippen LogP contribution is 2.48. The summed E-state index contributed by atoms with van der Waals surface area (Å²) in [5.41, 5.74) is -0.428. The van der Waals surface area contributed by atoms with E-state index in [1.54, 1.807) is 6.92 Å². The Labute approximate surface area is 194 Å². The van der Waals surface area contributed by atoms with E-state index in [2.05, 4.69) is 60.4 Å².